The first-order valence-corrected chi connectivity index (χ1v) is 9.79. The Morgan fingerprint density at radius 3 is 1.77 bits per heavy atom. The van der Waals surface area contributed by atoms with Gasteiger partial charge in [-0.2, -0.15) is 0 Å². The standard InChI is InChI=1S/C19H39NO2/c1-2-3-4-5-6-7-8-9-10-11-12-13-14-15-19-18(20)16-21-17-22-19/h18-19H,2-17,20H2,1H3. The molecule has 2 atom stereocenters. The summed E-state index contributed by atoms with van der Waals surface area (Å²) >= 11 is 0. The van der Waals surface area contributed by atoms with Crippen molar-refractivity contribution < 1.29 is 9.47 Å². The average Bonchev–Trinajstić information content (AvgIpc) is 2.53. The fourth-order valence-corrected chi connectivity index (χ4v) is 3.21. The summed E-state index contributed by atoms with van der Waals surface area (Å²) in [5.74, 6) is 0. The molecule has 1 aliphatic heterocycles. The van der Waals surface area contributed by atoms with Gasteiger partial charge in [0.2, 0.25) is 0 Å². The lowest BCUT2D eigenvalue weighted by atomic mass is 10.0. The van der Waals surface area contributed by atoms with Gasteiger partial charge in [0.1, 0.15) is 6.79 Å². The average molecular weight is 314 g/mol. The Morgan fingerprint density at radius 1 is 0.773 bits per heavy atom. The van der Waals surface area contributed by atoms with Crippen molar-refractivity contribution in [3.8, 4) is 0 Å². The van der Waals surface area contributed by atoms with E-state index in [1.54, 1.807) is 0 Å². The molecule has 0 radical (unpaired) electrons. The highest BCUT2D eigenvalue weighted by molar-refractivity contribution is 4.74. The van der Waals surface area contributed by atoms with Crippen LogP contribution in [0.15, 0.2) is 0 Å². The molecule has 3 nitrogen and oxygen atoms in total. The highest BCUT2D eigenvalue weighted by Crippen LogP contribution is 2.16. The quantitative estimate of drug-likeness (QED) is 0.450. The van der Waals surface area contributed by atoms with Gasteiger partial charge in [-0.3, -0.25) is 0 Å². The van der Waals surface area contributed by atoms with Crippen molar-refractivity contribution in [3.05, 3.63) is 0 Å². The molecule has 1 aliphatic rings. The summed E-state index contributed by atoms with van der Waals surface area (Å²) in [7, 11) is 0. The van der Waals surface area contributed by atoms with Gasteiger partial charge < -0.3 is 15.2 Å². The molecule has 1 saturated heterocycles. The number of unbranched alkanes of at least 4 members (excludes halogenated alkanes) is 12. The second-order valence-electron chi connectivity index (χ2n) is 6.89. The van der Waals surface area contributed by atoms with Gasteiger partial charge in [0, 0.05) is 0 Å². The van der Waals surface area contributed by atoms with Gasteiger partial charge >= 0.3 is 0 Å². The molecular formula is C19H39NO2. The van der Waals surface area contributed by atoms with Crippen LogP contribution in [0.25, 0.3) is 0 Å². The van der Waals surface area contributed by atoms with Crippen LogP contribution in [0, 0.1) is 0 Å². The molecule has 2 unspecified atom stereocenters. The summed E-state index contributed by atoms with van der Waals surface area (Å²) in [6.07, 6.45) is 19.5. The zero-order chi connectivity index (χ0) is 15.9. The first-order chi connectivity index (χ1) is 10.8. The summed E-state index contributed by atoms with van der Waals surface area (Å²) in [4.78, 5) is 0. The lowest BCUT2D eigenvalue weighted by molar-refractivity contribution is -0.150. The molecule has 1 heterocycles. The van der Waals surface area contributed by atoms with E-state index in [-0.39, 0.29) is 12.1 Å². The fraction of sp³-hybridized carbons (Fsp3) is 1.00. The summed E-state index contributed by atoms with van der Waals surface area (Å²) < 4.78 is 10.7. The van der Waals surface area contributed by atoms with E-state index >= 15 is 0 Å². The zero-order valence-electron chi connectivity index (χ0n) is 14.9. The van der Waals surface area contributed by atoms with Crippen LogP contribution in [0.1, 0.15) is 96.8 Å². The SMILES string of the molecule is CCCCCCCCCCCCCCCC1OCOCC1N. The van der Waals surface area contributed by atoms with Crippen LogP contribution in [0.5, 0.6) is 0 Å². The Morgan fingerprint density at radius 2 is 1.27 bits per heavy atom. The first kappa shape index (κ1) is 19.9. The Labute approximate surface area is 138 Å². The van der Waals surface area contributed by atoms with E-state index in [4.69, 9.17) is 15.2 Å². The third-order valence-corrected chi connectivity index (χ3v) is 4.75. The van der Waals surface area contributed by atoms with E-state index in [1.165, 1.54) is 83.5 Å². The van der Waals surface area contributed by atoms with E-state index in [0.717, 1.165) is 6.42 Å². The van der Waals surface area contributed by atoms with Crippen LogP contribution in [-0.2, 0) is 9.47 Å². The molecule has 22 heavy (non-hydrogen) atoms. The molecule has 2 N–H and O–H groups in total. The molecule has 3 heteroatoms. The topological polar surface area (TPSA) is 44.5 Å². The van der Waals surface area contributed by atoms with Crippen LogP contribution < -0.4 is 5.73 Å². The predicted octanol–water partition coefficient (Wildman–Crippen LogP) is 5.17. The van der Waals surface area contributed by atoms with Crippen LogP contribution >= 0.6 is 0 Å². The first-order valence-electron chi connectivity index (χ1n) is 9.79. The molecule has 0 aromatic heterocycles. The number of hydrogen-bond acceptors (Lipinski definition) is 3. The summed E-state index contributed by atoms with van der Waals surface area (Å²) in [5.41, 5.74) is 5.98. The van der Waals surface area contributed by atoms with E-state index < -0.39 is 0 Å². The van der Waals surface area contributed by atoms with Crippen molar-refractivity contribution in [1.29, 1.82) is 0 Å². The Hall–Kier alpha value is -0.120. The van der Waals surface area contributed by atoms with Crippen LogP contribution in [-0.4, -0.2) is 25.5 Å². The lowest BCUT2D eigenvalue weighted by Crippen LogP contribution is -2.45. The van der Waals surface area contributed by atoms with E-state index in [1.807, 2.05) is 0 Å². The molecular weight excluding hydrogens is 274 g/mol. The normalized spacial score (nSPS) is 22.1. The van der Waals surface area contributed by atoms with Crippen LogP contribution in [0.4, 0.5) is 0 Å². The number of hydrogen-bond donors (Lipinski definition) is 1. The summed E-state index contributed by atoms with van der Waals surface area (Å²) in [5, 5.41) is 0. The van der Waals surface area contributed by atoms with Crippen molar-refractivity contribution in [2.75, 3.05) is 13.4 Å². The van der Waals surface area contributed by atoms with Gasteiger partial charge in [-0.05, 0) is 6.42 Å². The smallest absolute Gasteiger partial charge is 0.147 e. The molecule has 0 saturated carbocycles. The molecule has 0 aromatic carbocycles. The molecule has 0 amide bonds. The van der Waals surface area contributed by atoms with Crippen molar-refractivity contribution in [2.24, 2.45) is 5.73 Å². The third kappa shape index (κ3) is 10.6. The minimum Gasteiger partial charge on any atom is -0.354 e. The highest BCUT2D eigenvalue weighted by atomic mass is 16.7. The molecule has 0 spiro atoms. The predicted molar refractivity (Wildman–Crippen MR) is 94.0 cm³/mol. The van der Waals surface area contributed by atoms with Crippen molar-refractivity contribution >= 4 is 0 Å². The van der Waals surface area contributed by atoms with Gasteiger partial charge in [0.05, 0.1) is 18.8 Å². The minimum atomic E-state index is 0.0751. The third-order valence-electron chi connectivity index (χ3n) is 4.75. The van der Waals surface area contributed by atoms with E-state index in [2.05, 4.69) is 6.92 Å². The minimum absolute atomic E-state index is 0.0751. The molecule has 1 rings (SSSR count). The maximum atomic E-state index is 5.98. The Kier molecular flexibility index (Phi) is 13.1. The molecule has 132 valence electrons. The molecule has 0 aromatic rings. The summed E-state index contributed by atoms with van der Waals surface area (Å²) in [6, 6.07) is 0.0751. The van der Waals surface area contributed by atoms with Gasteiger partial charge in [-0.25, -0.2) is 0 Å². The van der Waals surface area contributed by atoms with Crippen LogP contribution in [0.2, 0.25) is 0 Å². The van der Waals surface area contributed by atoms with E-state index in [0.29, 0.717) is 13.4 Å². The number of rotatable bonds is 14. The second-order valence-corrected chi connectivity index (χ2v) is 6.89. The fourth-order valence-electron chi connectivity index (χ4n) is 3.21. The van der Waals surface area contributed by atoms with Gasteiger partial charge in [-0.1, -0.05) is 90.4 Å². The second kappa shape index (κ2) is 14.5. The van der Waals surface area contributed by atoms with Crippen LogP contribution in [0.3, 0.4) is 0 Å². The molecule has 0 bridgehead atoms. The highest BCUT2D eigenvalue weighted by Gasteiger charge is 2.22. The number of ether oxygens (including phenoxy) is 2. The lowest BCUT2D eigenvalue weighted by Gasteiger charge is -2.28. The Bertz CT molecular complexity index is 235. The maximum Gasteiger partial charge on any atom is 0.147 e. The monoisotopic (exact) mass is 313 g/mol. The molecule has 0 aliphatic carbocycles. The summed E-state index contributed by atoms with van der Waals surface area (Å²) in [6.45, 7) is 3.37. The van der Waals surface area contributed by atoms with Gasteiger partial charge in [-0.15, -0.1) is 0 Å². The van der Waals surface area contributed by atoms with Gasteiger partial charge in [0.15, 0.2) is 0 Å². The Balaban J connectivity index is 1.74. The van der Waals surface area contributed by atoms with Crippen molar-refractivity contribution in [2.45, 2.75) is 109 Å². The zero-order valence-corrected chi connectivity index (χ0v) is 14.9. The number of nitrogens with two attached hydrogens (primary N) is 1. The molecule has 1 fully saturated rings. The van der Waals surface area contributed by atoms with Crippen molar-refractivity contribution in [1.82, 2.24) is 0 Å². The van der Waals surface area contributed by atoms with Gasteiger partial charge in [0.25, 0.3) is 0 Å². The largest absolute Gasteiger partial charge is 0.354 e. The van der Waals surface area contributed by atoms with E-state index in [9.17, 15) is 0 Å². The van der Waals surface area contributed by atoms with Crippen molar-refractivity contribution in [3.63, 3.8) is 0 Å². The maximum absolute atomic E-state index is 5.98.